The zero-order chi connectivity index (χ0) is 21.3. The highest BCUT2D eigenvalue weighted by Gasteiger charge is 2.30. The summed E-state index contributed by atoms with van der Waals surface area (Å²) in [4.78, 5) is 19.7. The molecule has 0 atom stereocenters. The maximum atomic E-state index is 12.7. The molecule has 0 aliphatic heterocycles. The molecule has 0 saturated heterocycles. The molecule has 1 aliphatic carbocycles. The maximum absolute atomic E-state index is 12.7. The second-order valence-electron chi connectivity index (χ2n) is 7.21. The summed E-state index contributed by atoms with van der Waals surface area (Å²) in [6.07, 6.45) is -0.199. The predicted molar refractivity (Wildman–Crippen MR) is 103 cm³/mol. The SMILES string of the molecule is O=C(O)C1CCC(Nc2nccc3nc(Nc4ccc(C(F)(F)F)cc4)nn23)CC1. The summed E-state index contributed by atoms with van der Waals surface area (Å²) in [6.45, 7) is 0. The van der Waals surface area contributed by atoms with Crippen LogP contribution in [0.2, 0.25) is 0 Å². The van der Waals surface area contributed by atoms with Crippen LogP contribution in [0.4, 0.5) is 30.8 Å². The van der Waals surface area contributed by atoms with Gasteiger partial charge in [0.05, 0.1) is 11.5 Å². The average molecular weight is 420 g/mol. The fourth-order valence-electron chi connectivity index (χ4n) is 3.51. The van der Waals surface area contributed by atoms with E-state index in [1.807, 2.05) is 0 Å². The Kier molecular flexibility index (Phi) is 5.18. The smallest absolute Gasteiger partial charge is 0.416 e. The fourth-order valence-corrected chi connectivity index (χ4v) is 3.51. The minimum Gasteiger partial charge on any atom is -0.481 e. The highest BCUT2D eigenvalue weighted by molar-refractivity contribution is 5.70. The van der Waals surface area contributed by atoms with Crippen molar-refractivity contribution in [2.24, 2.45) is 5.92 Å². The van der Waals surface area contributed by atoms with E-state index in [4.69, 9.17) is 5.11 Å². The van der Waals surface area contributed by atoms with Crippen LogP contribution in [0.5, 0.6) is 0 Å². The summed E-state index contributed by atoms with van der Waals surface area (Å²) < 4.78 is 39.6. The van der Waals surface area contributed by atoms with Crippen LogP contribution >= 0.6 is 0 Å². The number of carbonyl (C=O) groups is 1. The number of rotatable bonds is 5. The molecule has 0 spiro atoms. The highest BCUT2D eigenvalue weighted by Crippen LogP contribution is 2.30. The second kappa shape index (κ2) is 7.81. The molecule has 3 N–H and O–H groups in total. The van der Waals surface area contributed by atoms with Gasteiger partial charge in [-0.2, -0.15) is 22.7 Å². The number of nitrogens with one attached hydrogen (secondary N) is 2. The number of alkyl halides is 3. The number of carboxylic acids is 1. The van der Waals surface area contributed by atoms with E-state index in [1.54, 1.807) is 12.3 Å². The maximum Gasteiger partial charge on any atom is 0.416 e. The molecule has 0 unspecified atom stereocenters. The lowest BCUT2D eigenvalue weighted by Crippen LogP contribution is -2.30. The summed E-state index contributed by atoms with van der Waals surface area (Å²) in [5.41, 5.74) is 0.207. The van der Waals surface area contributed by atoms with Crippen molar-refractivity contribution in [3.63, 3.8) is 0 Å². The fraction of sp³-hybridized carbons (Fsp3) is 0.368. The zero-order valence-electron chi connectivity index (χ0n) is 15.7. The molecule has 2 heterocycles. The van der Waals surface area contributed by atoms with E-state index in [9.17, 15) is 18.0 Å². The third-order valence-corrected chi connectivity index (χ3v) is 5.13. The van der Waals surface area contributed by atoms with Crippen molar-refractivity contribution in [1.82, 2.24) is 19.6 Å². The molecular weight excluding hydrogens is 401 g/mol. The van der Waals surface area contributed by atoms with E-state index >= 15 is 0 Å². The van der Waals surface area contributed by atoms with E-state index in [0.717, 1.165) is 12.1 Å². The highest BCUT2D eigenvalue weighted by atomic mass is 19.4. The number of halogens is 3. The summed E-state index contributed by atoms with van der Waals surface area (Å²) in [5, 5.41) is 19.6. The minimum atomic E-state index is -4.39. The van der Waals surface area contributed by atoms with Crippen molar-refractivity contribution in [2.45, 2.75) is 37.9 Å². The Bertz CT molecular complexity index is 1040. The molecule has 1 aliphatic rings. The van der Waals surface area contributed by atoms with Crippen LogP contribution in [0.25, 0.3) is 5.65 Å². The van der Waals surface area contributed by atoms with E-state index < -0.39 is 17.7 Å². The van der Waals surface area contributed by atoms with Gasteiger partial charge >= 0.3 is 12.1 Å². The van der Waals surface area contributed by atoms with Crippen LogP contribution in [0.1, 0.15) is 31.2 Å². The molecule has 11 heteroatoms. The summed E-state index contributed by atoms with van der Waals surface area (Å²) in [5.74, 6) is -0.374. The first-order valence-corrected chi connectivity index (χ1v) is 9.45. The Morgan fingerprint density at radius 1 is 1.10 bits per heavy atom. The molecule has 1 fully saturated rings. The van der Waals surface area contributed by atoms with Gasteiger partial charge in [-0.1, -0.05) is 0 Å². The zero-order valence-corrected chi connectivity index (χ0v) is 15.7. The lowest BCUT2D eigenvalue weighted by atomic mass is 9.86. The van der Waals surface area contributed by atoms with Gasteiger partial charge < -0.3 is 15.7 Å². The Balaban J connectivity index is 1.48. The number of anilines is 3. The van der Waals surface area contributed by atoms with Crippen LogP contribution in [0.3, 0.4) is 0 Å². The monoisotopic (exact) mass is 420 g/mol. The number of benzene rings is 1. The van der Waals surface area contributed by atoms with Gasteiger partial charge in [0.25, 0.3) is 0 Å². The number of hydrogen-bond donors (Lipinski definition) is 3. The molecule has 158 valence electrons. The van der Waals surface area contributed by atoms with Crippen LogP contribution < -0.4 is 10.6 Å². The Labute approximate surface area is 169 Å². The summed E-state index contributed by atoms with van der Waals surface area (Å²) in [6, 6.07) is 6.34. The Hall–Kier alpha value is -3.37. The molecule has 0 amide bonds. The number of carboxylic acid groups (broad SMARTS) is 1. The molecule has 2 aromatic heterocycles. The molecule has 1 saturated carbocycles. The molecular formula is C19H19F3N6O2. The number of aromatic nitrogens is 4. The molecule has 3 aromatic rings. The normalized spacial score (nSPS) is 19.6. The van der Waals surface area contributed by atoms with Crippen molar-refractivity contribution < 1.29 is 23.1 Å². The second-order valence-corrected chi connectivity index (χ2v) is 7.21. The van der Waals surface area contributed by atoms with Gasteiger partial charge in [-0.25, -0.2) is 4.98 Å². The van der Waals surface area contributed by atoms with Gasteiger partial charge in [0, 0.05) is 24.0 Å². The molecule has 1 aromatic carbocycles. The molecule has 0 radical (unpaired) electrons. The topological polar surface area (TPSA) is 104 Å². The lowest BCUT2D eigenvalue weighted by molar-refractivity contribution is -0.142. The first-order chi connectivity index (χ1) is 14.3. The quantitative estimate of drug-likeness (QED) is 0.574. The average Bonchev–Trinajstić information content (AvgIpc) is 3.11. The predicted octanol–water partition coefficient (Wildman–Crippen LogP) is 3.94. The van der Waals surface area contributed by atoms with Gasteiger partial charge in [-0.05, 0) is 49.9 Å². The van der Waals surface area contributed by atoms with Crippen LogP contribution in [0.15, 0.2) is 36.5 Å². The van der Waals surface area contributed by atoms with Gasteiger partial charge in [0.1, 0.15) is 0 Å². The van der Waals surface area contributed by atoms with E-state index in [0.29, 0.717) is 43.0 Å². The number of nitrogens with zero attached hydrogens (tertiary/aromatic N) is 4. The minimum absolute atomic E-state index is 0.0780. The molecule has 4 rings (SSSR count). The summed E-state index contributed by atoms with van der Waals surface area (Å²) >= 11 is 0. The third-order valence-electron chi connectivity index (χ3n) is 5.13. The molecule has 30 heavy (non-hydrogen) atoms. The summed E-state index contributed by atoms with van der Waals surface area (Å²) in [7, 11) is 0. The lowest BCUT2D eigenvalue weighted by Gasteiger charge is -2.27. The van der Waals surface area contributed by atoms with Gasteiger partial charge in [-0.15, -0.1) is 5.10 Å². The van der Waals surface area contributed by atoms with Crippen molar-refractivity contribution in [3.05, 3.63) is 42.1 Å². The van der Waals surface area contributed by atoms with Crippen molar-refractivity contribution in [2.75, 3.05) is 10.6 Å². The standard InChI is InChI=1S/C19H19F3N6O2/c20-19(21,22)12-3-7-13(8-4-12)24-17-26-15-9-10-23-18(28(15)27-17)25-14-5-1-11(2-6-14)16(29)30/h3-4,7-11,14H,1-2,5-6H2,(H,23,25)(H,24,27)(H,29,30). The molecule has 8 nitrogen and oxygen atoms in total. The number of hydrogen-bond acceptors (Lipinski definition) is 6. The van der Waals surface area contributed by atoms with E-state index in [2.05, 4.69) is 25.7 Å². The van der Waals surface area contributed by atoms with Crippen molar-refractivity contribution >= 4 is 29.2 Å². The first kappa shape index (κ1) is 19.9. The number of aliphatic carboxylic acids is 1. The third kappa shape index (κ3) is 4.29. The van der Waals surface area contributed by atoms with Crippen LogP contribution in [-0.2, 0) is 11.0 Å². The van der Waals surface area contributed by atoms with Crippen molar-refractivity contribution in [1.29, 1.82) is 0 Å². The Morgan fingerprint density at radius 2 is 1.80 bits per heavy atom. The largest absolute Gasteiger partial charge is 0.481 e. The van der Waals surface area contributed by atoms with E-state index in [1.165, 1.54) is 16.6 Å². The van der Waals surface area contributed by atoms with E-state index in [-0.39, 0.29) is 17.9 Å². The Morgan fingerprint density at radius 3 is 2.43 bits per heavy atom. The van der Waals surface area contributed by atoms with Gasteiger partial charge in [0.2, 0.25) is 11.9 Å². The van der Waals surface area contributed by atoms with Crippen LogP contribution in [-0.4, -0.2) is 36.7 Å². The molecule has 0 bridgehead atoms. The van der Waals surface area contributed by atoms with Gasteiger partial charge in [-0.3, -0.25) is 4.79 Å². The number of fused-ring (bicyclic) bond motifs is 1. The van der Waals surface area contributed by atoms with Crippen LogP contribution in [0, 0.1) is 5.92 Å². The first-order valence-electron chi connectivity index (χ1n) is 9.45. The van der Waals surface area contributed by atoms with Gasteiger partial charge in [0.15, 0.2) is 5.65 Å². The van der Waals surface area contributed by atoms with Crippen molar-refractivity contribution in [3.8, 4) is 0 Å².